The van der Waals surface area contributed by atoms with Gasteiger partial charge >= 0.3 is 0 Å². The van der Waals surface area contributed by atoms with E-state index in [2.05, 4.69) is 134 Å². The van der Waals surface area contributed by atoms with E-state index in [1.165, 1.54) is 31.3 Å². The number of anilines is 1. The number of nitrogens with one attached hydrogen (secondary N) is 1. The van der Waals surface area contributed by atoms with E-state index in [-0.39, 0.29) is 12.1 Å². The fourth-order valence-electron chi connectivity index (χ4n) is 4.20. The molecule has 36 heavy (non-hydrogen) atoms. The maximum absolute atomic E-state index is 6.72. The highest BCUT2D eigenvalue weighted by Crippen LogP contribution is 2.34. The second kappa shape index (κ2) is 12.4. The molecule has 4 aromatic rings. The molecule has 0 aliphatic heterocycles. The molecule has 0 bridgehead atoms. The van der Waals surface area contributed by atoms with Crippen LogP contribution in [0.1, 0.15) is 29.0 Å². The maximum atomic E-state index is 6.72. The fraction of sp³-hybridized carbons (Fsp3) is 0.226. The minimum absolute atomic E-state index is 0.127. The molecule has 2 atom stereocenters. The molecule has 0 saturated heterocycles. The van der Waals surface area contributed by atoms with Crippen molar-refractivity contribution in [2.45, 2.75) is 30.8 Å². The van der Waals surface area contributed by atoms with E-state index in [9.17, 15) is 0 Å². The predicted octanol–water partition coefficient (Wildman–Crippen LogP) is 7.92. The third-order valence-electron chi connectivity index (χ3n) is 6.46. The fourth-order valence-corrected chi connectivity index (χ4v) is 5.64. The van der Waals surface area contributed by atoms with Gasteiger partial charge in [-0.2, -0.15) is 0 Å². The maximum Gasteiger partial charge on any atom is 0.0535 e. The van der Waals surface area contributed by atoms with Crippen LogP contribution in [0.3, 0.4) is 0 Å². The molecule has 0 aliphatic carbocycles. The van der Waals surface area contributed by atoms with Crippen LogP contribution in [0, 0.1) is 6.92 Å². The Hall–Kier alpha value is -2.83. The Morgan fingerprint density at radius 2 is 1.75 bits per heavy atom. The van der Waals surface area contributed by atoms with Crippen molar-refractivity contribution in [3.05, 3.63) is 113 Å². The van der Waals surface area contributed by atoms with Gasteiger partial charge in [0.2, 0.25) is 0 Å². The molecule has 0 saturated carbocycles. The standard InChI is InChI=1S/C31H35N3S2/c1-22-11-8-9-16-28(22)33-29(20-26(32)21-34(3)23(2)24-12-6-5-7-13-24)31-18-17-30(36-31)25-14-10-15-27(19-25)35-4/h5-20,23,26,33H,21,32H2,1-4H3/b29-20-. The van der Waals surface area contributed by atoms with E-state index in [0.717, 1.165) is 17.9 Å². The van der Waals surface area contributed by atoms with Gasteiger partial charge < -0.3 is 11.1 Å². The molecule has 0 amide bonds. The molecular weight excluding hydrogens is 478 g/mol. The van der Waals surface area contributed by atoms with Crippen molar-refractivity contribution < 1.29 is 0 Å². The van der Waals surface area contributed by atoms with Gasteiger partial charge in [-0.1, -0.05) is 60.7 Å². The average Bonchev–Trinajstić information content (AvgIpc) is 3.40. The van der Waals surface area contributed by atoms with Crippen molar-refractivity contribution in [3.63, 3.8) is 0 Å². The van der Waals surface area contributed by atoms with Crippen molar-refractivity contribution in [1.82, 2.24) is 4.90 Å². The third kappa shape index (κ3) is 6.68. The number of nitrogens with two attached hydrogens (primary N) is 1. The van der Waals surface area contributed by atoms with Gasteiger partial charge in [0.25, 0.3) is 0 Å². The van der Waals surface area contributed by atoms with Gasteiger partial charge in [-0.05, 0) is 80.2 Å². The molecule has 4 rings (SSSR count). The van der Waals surface area contributed by atoms with Crippen LogP contribution < -0.4 is 11.1 Å². The Balaban J connectivity index is 1.60. The number of nitrogens with zero attached hydrogens (tertiary/aromatic N) is 1. The molecule has 0 fully saturated rings. The van der Waals surface area contributed by atoms with Gasteiger partial charge in [0, 0.05) is 34.1 Å². The van der Waals surface area contributed by atoms with Gasteiger partial charge in [-0.25, -0.2) is 0 Å². The van der Waals surface area contributed by atoms with Crippen LogP contribution in [0.4, 0.5) is 5.69 Å². The largest absolute Gasteiger partial charge is 0.354 e. The Bertz CT molecular complexity index is 1300. The number of thioether (sulfide) groups is 1. The predicted molar refractivity (Wildman–Crippen MR) is 160 cm³/mol. The van der Waals surface area contributed by atoms with Crippen LogP contribution in [0.25, 0.3) is 16.1 Å². The second-order valence-corrected chi connectivity index (χ2v) is 11.1. The first-order chi connectivity index (χ1) is 17.4. The van der Waals surface area contributed by atoms with Gasteiger partial charge in [-0.3, -0.25) is 4.90 Å². The van der Waals surface area contributed by atoms with Crippen molar-refractivity contribution in [3.8, 4) is 10.4 Å². The molecule has 0 spiro atoms. The highest BCUT2D eigenvalue weighted by atomic mass is 32.2. The summed E-state index contributed by atoms with van der Waals surface area (Å²) in [6.07, 6.45) is 4.29. The van der Waals surface area contributed by atoms with Gasteiger partial charge in [0.05, 0.1) is 10.6 Å². The summed E-state index contributed by atoms with van der Waals surface area (Å²) in [4.78, 5) is 6.02. The Kier molecular flexibility index (Phi) is 9.05. The van der Waals surface area contributed by atoms with Gasteiger partial charge in [0.15, 0.2) is 0 Å². The molecule has 186 valence electrons. The number of hydrogen-bond donors (Lipinski definition) is 2. The molecule has 0 aliphatic rings. The lowest BCUT2D eigenvalue weighted by molar-refractivity contribution is 0.256. The van der Waals surface area contributed by atoms with Crippen LogP contribution in [0.5, 0.6) is 0 Å². The van der Waals surface area contributed by atoms with E-state index >= 15 is 0 Å². The summed E-state index contributed by atoms with van der Waals surface area (Å²) in [5.41, 5.74) is 12.6. The Morgan fingerprint density at radius 1 is 1.00 bits per heavy atom. The number of aryl methyl sites for hydroxylation is 1. The lowest BCUT2D eigenvalue weighted by Crippen LogP contribution is -2.35. The SMILES string of the molecule is CSc1cccc(-c2ccc(/C(=C/C(N)CN(C)C(C)c3ccccc3)Nc3ccccc3C)s2)c1. The highest BCUT2D eigenvalue weighted by molar-refractivity contribution is 7.98. The van der Waals surface area contributed by atoms with Crippen molar-refractivity contribution in [1.29, 1.82) is 0 Å². The summed E-state index contributed by atoms with van der Waals surface area (Å²) in [5, 5.41) is 3.68. The monoisotopic (exact) mass is 513 g/mol. The van der Waals surface area contributed by atoms with Crippen LogP contribution in [-0.4, -0.2) is 30.8 Å². The topological polar surface area (TPSA) is 41.3 Å². The summed E-state index contributed by atoms with van der Waals surface area (Å²) in [6, 6.07) is 32.2. The normalized spacial score (nSPS) is 13.6. The number of para-hydroxylation sites is 1. The number of thiophene rings is 1. The van der Waals surface area contributed by atoms with Crippen LogP contribution >= 0.6 is 23.1 Å². The summed E-state index contributed by atoms with van der Waals surface area (Å²) in [5.74, 6) is 0. The van der Waals surface area contributed by atoms with E-state index in [0.29, 0.717) is 0 Å². The van der Waals surface area contributed by atoms with Crippen LogP contribution in [0.2, 0.25) is 0 Å². The lowest BCUT2D eigenvalue weighted by atomic mass is 10.1. The second-order valence-electron chi connectivity index (χ2n) is 9.11. The number of likely N-dealkylation sites (N-methyl/N-ethyl adjacent to an activating group) is 1. The highest BCUT2D eigenvalue weighted by Gasteiger charge is 2.16. The molecule has 2 unspecified atom stereocenters. The first-order valence-corrected chi connectivity index (χ1v) is 14.3. The van der Waals surface area contributed by atoms with Crippen molar-refractivity contribution >= 4 is 34.5 Å². The number of rotatable bonds is 10. The van der Waals surface area contributed by atoms with Gasteiger partial charge in [0.1, 0.15) is 0 Å². The van der Waals surface area contributed by atoms with Crippen LogP contribution in [0.15, 0.2) is 102 Å². The molecule has 5 heteroatoms. The van der Waals surface area contributed by atoms with Crippen molar-refractivity contribution in [2.24, 2.45) is 5.73 Å². The third-order valence-corrected chi connectivity index (χ3v) is 8.36. The van der Waals surface area contributed by atoms with E-state index in [1.807, 2.05) is 0 Å². The molecule has 3 N–H and O–H groups in total. The molecule has 3 aromatic carbocycles. The van der Waals surface area contributed by atoms with Crippen molar-refractivity contribution in [2.75, 3.05) is 25.2 Å². The number of benzene rings is 3. The Morgan fingerprint density at radius 3 is 2.50 bits per heavy atom. The molecule has 1 aromatic heterocycles. The molecule has 1 heterocycles. The minimum atomic E-state index is -0.127. The van der Waals surface area contributed by atoms with E-state index < -0.39 is 0 Å². The van der Waals surface area contributed by atoms with E-state index in [4.69, 9.17) is 5.73 Å². The van der Waals surface area contributed by atoms with E-state index in [1.54, 1.807) is 23.1 Å². The summed E-state index contributed by atoms with van der Waals surface area (Å²) in [6.45, 7) is 5.11. The summed E-state index contributed by atoms with van der Waals surface area (Å²) >= 11 is 3.56. The Labute approximate surface area is 224 Å². The first kappa shape index (κ1) is 26.2. The lowest BCUT2D eigenvalue weighted by Gasteiger charge is -2.27. The zero-order chi connectivity index (χ0) is 25.5. The zero-order valence-electron chi connectivity index (χ0n) is 21.4. The smallest absolute Gasteiger partial charge is 0.0535 e. The summed E-state index contributed by atoms with van der Waals surface area (Å²) < 4.78 is 0. The minimum Gasteiger partial charge on any atom is -0.354 e. The molecular formula is C31H35N3S2. The van der Waals surface area contributed by atoms with Crippen LogP contribution in [-0.2, 0) is 0 Å². The molecule has 3 nitrogen and oxygen atoms in total. The molecule has 0 radical (unpaired) electrons. The number of hydrogen-bond acceptors (Lipinski definition) is 5. The quantitative estimate of drug-likeness (QED) is 0.211. The first-order valence-electron chi connectivity index (χ1n) is 12.2. The van der Waals surface area contributed by atoms with Gasteiger partial charge in [-0.15, -0.1) is 23.1 Å². The summed E-state index contributed by atoms with van der Waals surface area (Å²) in [7, 11) is 2.14. The average molecular weight is 514 g/mol. The zero-order valence-corrected chi connectivity index (χ0v) is 23.1.